The maximum absolute atomic E-state index is 12.8. The molecule has 0 saturated carbocycles. The molecule has 10 nitrogen and oxygen atoms in total. The summed E-state index contributed by atoms with van der Waals surface area (Å²) in [6, 6.07) is 5.86. The van der Waals surface area contributed by atoms with Crippen molar-refractivity contribution in [2.45, 2.75) is 30.3 Å². The van der Waals surface area contributed by atoms with Crippen LogP contribution in [-0.2, 0) is 18.2 Å². The number of aromatic nitrogens is 3. The molecule has 0 aliphatic heterocycles. The van der Waals surface area contributed by atoms with E-state index in [0.29, 0.717) is 21.5 Å². The Bertz CT molecular complexity index is 1140. The van der Waals surface area contributed by atoms with Crippen LogP contribution in [0, 0.1) is 10.1 Å². The average molecular weight is 462 g/mol. The summed E-state index contributed by atoms with van der Waals surface area (Å²) in [5.74, 6) is -1.09. The number of nitro benzene ring substituents is 1. The average Bonchev–Trinajstić information content (AvgIpc) is 3.34. The number of ether oxygens (including phenoxy) is 1. The number of aryl methyl sites for hydroxylation is 2. The molecule has 0 atom stereocenters. The summed E-state index contributed by atoms with van der Waals surface area (Å²) < 4.78 is 6.68. The SMILES string of the molecule is CCOC(=O)c1cc(CC)sc1NC(=O)c1ccc(Sc2nncn2C)c([N+](=O)[O-])c1. The molecule has 1 aromatic carbocycles. The minimum atomic E-state index is -0.562. The quantitative estimate of drug-likeness (QED) is 0.303. The third-order valence-corrected chi connectivity index (χ3v) is 6.46. The maximum Gasteiger partial charge on any atom is 0.341 e. The number of rotatable bonds is 8. The van der Waals surface area contributed by atoms with E-state index in [9.17, 15) is 19.7 Å². The molecule has 2 heterocycles. The van der Waals surface area contributed by atoms with Crippen molar-refractivity contribution in [1.29, 1.82) is 0 Å². The summed E-state index contributed by atoms with van der Waals surface area (Å²) in [7, 11) is 1.72. The Hall–Kier alpha value is -3.25. The van der Waals surface area contributed by atoms with Crippen LogP contribution in [0.25, 0.3) is 0 Å². The van der Waals surface area contributed by atoms with E-state index in [0.717, 1.165) is 16.6 Å². The summed E-state index contributed by atoms with van der Waals surface area (Å²) in [6.45, 7) is 3.84. The van der Waals surface area contributed by atoms with Crippen LogP contribution in [-0.4, -0.2) is 38.2 Å². The fourth-order valence-electron chi connectivity index (χ4n) is 2.60. The Morgan fingerprint density at radius 2 is 2.10 bits per heavy atom. The minimum absolute atomic E-state index is 0.0928. The second-order valence-electron chi connectivity index (χ2n) is 6.25. The van der Waals surface area contributed by atoms with Gasteiger partial charge in [0.1, 0.15) is 11.3 Å². The van der Waals surface area contributed by atoms with Gasteiger partial charge in [0.15, 0.2) is 5.16 Å². The van der Waals surface area contributed by atoms with Gasteiger partial charge in [0.05, 0.1) is 22.0 Å². The first-order chi connectivity index (χ1) is 14.8. The summed E-state index contributed by atoms with van der Waals surface area (Å²) in [4.78, 5) is 37.3. The van der Waals surface area contributed by atoms with Gasteiger partial charge in [-0.1, -0.05) is 6.92 Å². The first-order valence-electron chi connectivity index (χ1n) is 9.25. The Morgan fingerprint density at radius 3 is 2.71 bits per heavy atom. The number of amides is 1. The summed E-state index contributed by atoms with van der Waals surface area (Å²) in [5.41, 5.74) is 0.128. The topological polar surface area (TPSA) is 129 Å². The Balaban J connectivity index is 1.88. The number of benzene rings is 1. The van der Waals surface area contributed by atoms with Crippen molar-refractivity contribution in [1.82, 2.24) is 14.8 Å². The van der Waals surface area contributed by atoms with Crippen molar-refractivity contribution >= 4 is 45.7 Å². The van der Waals surface area contributed by atoms with Gasteiger partial charge in [-0.25, -0.2) is 4.79 Å². The van der Waals surface area contributed by atoms with Crippen molar-refractivity contribution in [3.05, 3.63) is 56.7 Å². The van der Waals surface area contributed by atoms with E-state index in [1.54, 1.807) is 24.6 Å². The summed E-state index contributed by atoms with van der Waals surface area (Å²) in [6.07, 6.45) is 2.18. The van der Waals surface area contributed by atoms with E-state index in [2.05, 4.69) is 15.5 Å². The molecule has 1 amide bonds. The lowest BCUT2D eigenvalue weighted by molar-refractivity contribution is -0.387. The number of nitro groups is 1. The molecule has 2 aromatic heterocycles. The molecule has 3 rings (SSSR count). The number of hydrogen-bond acceptors (Lipinski definition) is 9. The van der Waals surface area contributed by atoms with Crippen LogP contribution in [0.3, 0.4) is 0 Å². The summed E-state index contributed by atoms with van der Waals surface area (Å²) in [5, 5.41) is 22.8. The zero-order valence-electron chi connectivity index (χ0n) is 16.9. The first-order valence-corrected chi connectivity index (χ1v) is 10.9. The normalized spacial score (nSPS) is 10.7. The Morgan fingerprint density at radius 1 is 1.32 bits per heavy atom. The van der Waals surface area contributed by atoms with Gasteiger partial charge in [-0.15, -0.1) is 21.5 Å². The zero-order valence-corrected chi connectivity index (χ0v) is 18.6. The number of carbonyl (C=O) groups is 2. The second kappa shape index (κ2) is 9.71. The molecule has 162 valence electrons. The number of hydrogen-bond donors (Lipinski definition) is 1. The monoisotopic (exact) mass is 461 g/mol. The van der Waals surface area contributed by atoms with Crippen LogP contribution in [0.15, 0.2) is 40.6 Å². The largest absolute Gasteiger partial charge is 0.462 e. The van der Waals surface area contributed by atoms with E-state index >= 15 is 0 Å². The smallest absolute Gasteiger partial charge is 0.341 e. The highest BCUT2D eigenvalue weighted by Crippen LogP contribution is 2.35. The molecule has 0 radical (unpaired) electrons. The number of anilines is 1. The third kappa shape index (κ3) is 5.09. The number of esters is 1. The second-order valence-corrected chi connectivity index (χ2v) is 8.40. The number of carbonyl (C=O) groups excluding carboxylic acids is 2. The fourth-order valence-corrected chi connectivity index (χ4v) is 4.43. The molecule has 0 fully saturated rings. The van der Waals surface area contributed by atoms with Crippen LogP contribution in [0.1, 0.15) is 39.4 Å². The molecule has 0 bridgehead atoms. The summed E-state index contributed by atoms with van der Waals surface area (Å²) >= 11 is 2.34. The highest BCUT2D eigenvalue weighted by atomic mass is 32.2. The van der Waals surface area contributed by atoms with E-state index in [1.165, 1.54) is 35.9 Å². The van der Waals surface area contributed by atoms with Crippen LogP contribution in [0.5, 0.6) is 0 Å². The highest BCUT2D eigenvalue weighted by Gasteiger charge is 2.23. The predicted molar refractivity (Wildman–Crippen MR) is 116 cm³/mol. The molecule has 12 heteroatoms. The molecule has 0 aliphatic carbocycles. The number of nitrogens with zero attached hydrogens (tertiary/aromatic N) is 4. The number of nitrogens with one attached hydrogen (secondary N) is 1. The molecule has 0 saturated heterocycles. The molecule has 0 aliphatic rings. The Kier molecular flexibility index (Phi) is 7.02. The molecule has 0 unspecified atom stereocenters. The lowest BCUT2D eigenvalue weighted by atomic mass is 10.2. The van der Waals surface area contributed by atoms with Gasteiger partial charge in [-0.3, -0.25) is 14.9 Å². The van der Waals surface area contributed by atoms with Crippen LogP contribution >= 0.6 is 23.1 Å². The molecular formula is C19H19N5O5S2. The maximum atomic E-state index is 12.8. The standard InChI is InChI=1S/C19H19N5O5S2/c1-4-12-9-13(18(26)29-5-2)17(30-12)21-16(25)11-6-7-15(14(8-11)24(27)28)31-19-22-20-10-23(19)3/h6-10H,4-5H2,1-3H3,(H,21,25). The predicted octanol–water partition coefficient (Wildman–Crippen LogP) is 3.93. The van der Waals surface area contributed by atoms with E-state index in [-0.39, 0.29) is 23.4 Å². The highest BCUT2D eigenvalue weighted by molar-refractivity contribution is 7.99. The molecule has 1 N–H and O–H groups in total. The van der Waals surface area contributed by atoms with E-state index in [1.807, 2.05) is 6.92 Å². The Labute approximate surface area is 185 Å². The van der Waals surface area contributed by atoms with Crippen LogP contribution in [0.4, 0.5) is 10.7 Å². The molecule has 3 aromatic rings. The van der Waals surface area contributed by atoms with Crippen molar-refractivity contribution in [3.8, 4) is 0 Å². The molecule has 0 spiro atoms. The minimum Gasteiger partial charge on any atom is -0.462 e. The van der Waals surface area contributed by atoms with Gasteiger partial charge in [-0.05, 0) is 43.3 Å². The van der Waals surface area contributed by atoms with E-state index in [4.69, 9.17) is 4.74 Å². The number of thiophene rings is 1. The first kappa shape index (κ1) is 22.4. The van der Waals surface area contributed by atoms with Gasteiger partial charge < -0.3 is 14.6 Å². The van der Waals surface area contributed by atoms with Gasteiger partial charge in [0.25, 0.3) is 11.6 Å². The van der Waals surface area contributed by atoms with Crippen LogP contribution in [0.2, 0.25) is 0 Å². The van der Waals surface area contributed by atoms with Crippen molar-refractivity contribution in [3.63, 3.8) is 0 Å². The third-order valence-electron chi connectivity index (χ3n) is 4.14. The van der Waals surface area contributed by atoms with Gasteiger partial charge in [0.2, 0.25) is 0 Å². The van der Waals surface area contributed by atoms with Crippen molar-refractivity contribution < 1.29 is 19.2 Å². The van der Waals surface area contributed by atoms with Crippen molar-refractivity contribution in [2.75, 3.05) is 11.9 Å². The molecular weight excluding hydrogens is 442 g/mol. The lowest BCUT2D eigenvalue weighted by Gasteiger charge is -2.08. The molecule has 31 heavy (non-hydrogen) atoms. The zero-order chi connectivity index (χ0) is 22.5. The fraction of sp³-hybridized carbons (Fsp3) is 0.263. The van der Waals surface area contributed by atoms with E-state index < -0.39 is 16.8 Å². The van der Waals surface area contributed by atoms with Gasteiger partial charge >= 0.3 is 5.97 Å². The van der Waals surface area contributed by atoms with Crippen molar-refractivity contribution in [2.24, 2.45) is 7.05 Å². The lowest BCUT2D eigenvalue weighted by Crippen LogP contribution is -2.14. The van der Waals surface area contributed by atoms with Gasteiger partial charge in [-0.2, -0.15) is 0 Å². The van der Waals surface area contributed by atoms with Crippen LogP contribution < -0.4 is 5.32 Å². The van der Waals surface area contributed by atoms with Gasteiger partial charge in [0, 0.05) is 23.6 Å².